The summed E-state index contributed by atoms with van der Waals surface area (Å²) < 4.78 is 13.3. The number of aryl methyl sites for hydroxylation is 2. The van der Waals surface area contributed by atoms with Crippen molar-refractivity contribution in [2.24, 2.45) is 0 Å². The summed E-state index contributed by atoms with van der Waals surface area (Å²) in [6.07, 6.45) is 1.16. The highest BCUT2D eigenvalue weighted by atomic mass is 19.1. The maximum Gasteiger partial charge on any atom is 0.126 e. The van der Waals surface area contributed by atoms with Gasteiger partial charge in [0.15, 0.2) is 0 Å². The summed E-state index contributed by atoms with van der Waals surface area (Å²) in [5, 5.41) is 9.52. The van der Waals surface area contributed by atoms with Crippen LogP contribution in [0.15, 0.2) is 18.2 Å². The van der Waals surface area contributed by atoms with Gasteiger partial charge in [-0.2, -0.15) is 0 Å². The topological polar surface area (TPSA) is 20.2 Å². The molecule has 0 amide bonds. The minimum atomic E-state index is -0.726. The van der Waals surface area contributed by atoms with Crippen molar-refractivity contribution < 1.29 is 9.50 Å². The van der Waals surface area contributed by atoms with Gasteiger partial charge < -0.3 is 5.11 Å². The normalized spacial score (nSPS) is 11.8. The molecule has 1 rings (SSSR count). The quantitative estimate of drug-likeness (QED) is 0.788. The molecule has 2 heteroatoms. The molecule has 0 fully saturated rings. The molecule has 0 saturated carbocycles. The number of aliphatic hydroxyl groups is 1. The second kappa shape index (κ2) is 4.09. The maximum absolute atomic E-state index is 13.3. The minimum absolute atomic E-state index is 0.181. The molecule has 0 aliphatic heterocycles. The summed E-state index contributed by atoms with van der Waals surface area (Å²) in [6.45, 7) is 5.41. The van der Waals surface area contributed by atoms with E-state index in [4.69, 9.17) is 0 Å². The van der Waals surface area contributed by atoms with E-state index in [1.54, 1.807) is 19.9 Å². The zero-order valence-electron chi connectivity index (χ0n) is 8.97. The predicted octanol–water partition coefficient (Wildman–Crippen LogP) is 2.84. The number of hydrogen-bond acceptors (Lipinski definition) is 1. The van der Waals surface area contributed by atoms with Crippen molar-refractivity contribution in [1.29, 1.82) is 0 Å². The summed E-state index contributed by atoms with van der Waals surface area (Å²) >= 11 is 0. The molecule has 0 aliphatic rings. The van der Waals surface area contributed by atoms with Crippen LogP contribution in [0, 0.1) is 12.7 Å². The van der Waals surface area contributed by atoms with E-state index < -0.39 is 5.60 Å². The van der Waals surface area contributed by atoms with Crippen molar-refractivity contribution in [3.63, 3.8) is 0 Å². The molecule has 0 radical (unpaired) electrons. The Labute approximate surface area is 84.6 Å². The Morgan fingerprint density at radius 2 is 2.00 bits per heavy atom. The van der Waals surface area contributed by atoms with Gasteiger partial charge in [-0.05, 0) is 45.2 Å². The van der Waals surface area contributed by atoms with Crippen LogP contribution < -0.4 is 0 Å². The minimum Gasteiger partial charge on any atom is -0.390 e. The molecule has 1 aromatic rings. The van der Waals surface area contributed by atoms with Crippen molar-refractivity contribution in [1.82, 2.24) is 0 Å². The highest BCUT2D eigenvalue weighted by molar-refractivity contribution is 5.24. The van der Waals surface area contributed by atoms with Crippen molar-refractivity contribution in [3.05, 3.63) is 35.1 Å². The smallest absolute Gasteiger partial charge is 0.126 e. The first-order valence-corrected chi connectivity index (χ1v) is 4.86. The summed E-state index contributed by atoms with van der Waals surface area (Å²) in [7, 11) is 0. The maximum atomic E-state index is 13.3. The average Bonchev–Trinajstić information content (AvgIpc) is 2.05. The Bertz CT molecular complexity index is 313. The molecule has 78 valence electrons. The summed E-state index contributed by atoms with van der Waals surface area (Å²) in [5.74, 6) is -0.181. The van der Waals surface area contributed by atoms with Gasteiger partial charge in [0, 0.05) is 0 Å². The molecule has 0 spiro atoms. The molecular formula is C12H17FO. The van der Waals surface area contributed by atoms with Gasteiger partial charge in [-0.3, -0.25) is 0 Å². The van der Waals surface area contributed by atoms with Crippen LogP contribution in [0.1, 0.15) is 31.4 Å². The summed E-state index contributed by atoms with van der Waals surface area (Å²) in [4.78, 5) is 0. The molecule has 0 unspecified atom stereocenters. The van der Waals surface area contributed by atoms with Gasteiger partial charge in [0.05, 0.1) is 5.60 Å². The van der Waals surface area contributed by atoms with E-state index in [9.17, 15) is 9.50 Å². The molecule has 0 atom stereocenters. The summed E-state index contributed by atoms with van der Waals surface area (Å²) in [6, 6.07) is 5.07. The molecule has 14 heavy (non-hydrogen) atoms. The van der Waals surface area contributed by atoms with E-state index in [1.807, 2.05) is 13.0 Å². The van der Waals surface area contributed by atoms with Gasteiger partial charge in [0.1, 0.15) is 5.82 Å². The lowest BCUT2D eigenvalue weighted by molar-refractivity contribution is 0.0712. The van der Waals surface area contributed by atoms with Crippen molar-refractivity contribution in [3.8, 4) is 0 Å². The van der Waals surface area contributed by atoms with Gasteiger partial charge >= 0.3 is 0 Å². The van der Waals surface area contributed by atoms with Crippen LogP contribution in [-0.4, -0.2) is 10.7 Å². The van der Waals surface area contributed by atoms with Gasteiger partial charge in [-0.25, -0.2) is 4.39 Å². The Morgan fingerprint density at radius 1 is 1.36 bits per heavy atom. The van der Waals surface area contributed by atoms with E-state index >= 15 is 0 Å². The largest absolute Gasteiger partial charge is 0.390 e. The molecule has 1 aromatic carbocycles. The fourth-order valence-corrected chi connectivity index (χ4v) is 1.34. The molecule has 1 nitrogen and oxygen atoms in total. The first-order chi connectivity index (χ1) is 6.38. The van der Waals surface area contributed by atoms with Crippen molar-refractivity contribution in [2.75, 3.05) is 0 Å². The van der Waals surface area contributed by atoms with E-state index in [0.717, 1.165) is 5.56 Å². The molecule has 1 N–H and O–H groups in total. The predicted molar refractivity (Wildman–Crippen MR) is 55.8 cm³/mol. The lowest BCUT2D eigenvalue weighted by atomic mass is 9.98. The average molecular weight is 196 g/mol. The lowest BCUT2D eigenvalue weighted by Crippen LogP contribution is -2.19. The van der Waals surface area contributed by atoms with E-state index in [2.05, 4.69) is 0 Å². The van der Waals surface area contributed by atoms with Crippen LogP contribution in [-0.2, 0) is 6.42 Å². The van der Waals surface area contributed by atoms with Crippen LogP contribution in [0.5, 0.6) is 0 Å². The molecule has 0 bridgehead atoms. The monoisotopic (exact) mass is 196 g/mol. The molecule has 0 aliphatic carbocycles. The fraction of sp³-hybridized carbons (Fsp3) is 0.500. The van der Waals surface area contributed by atoms with Gasteiger partial charge in [0.2, 0.25) is 0 Å². The zero-order valence-corrected chi connectivity index (χ0v) is 8.97. The van der Waals surface area contributed by atoms with Gasteiger partial charge in [-0.15, -0.1) is 0 Å². The number of benzene rings is 1. The van der Waals surface area contributed by atoms with Crippen LogP contribution in [0.3, 0.4) is 0 Å². The Kier molecular flexibility index (Phi) is 3.27. The number of hydrogen-bond donors (Lipinski definition) is 1. The molecular weight excluding hydrogens is 179 g/mol. The SMILES string of the molecule is Cc1ccc(F)c(CCC(C)(C)O)c1. The number of halogens is 1. The first kappa shape index (κ1) is 11.2. The molecule has 0 saturated heterocycles. The van der Waals surface area contributed by atoms with Crippen molar-refractivity contribution in [2.45, 2.75) is 39.2 Å². The third-order valence-corrected chi connectivity index (χ3v) is 2.21. The first-order valence-electron chi connectivity index (χ1n) is 4.86. The Hall–Kier alpha value is -0.890. The third kappa shape index (κ3) is 3.46. The number of rotatable bonds is 3. The van der Waals surface area contributed by atoms with Gasteiger partial charge in [0.25, 0.3) is 0 Å². The summed E-state index contributed by atoms with van der Waals surface area (Å²) in [5.41, 5.74) is 1.01. The lowest BCUT2D eigenvalue weighted by Gasteiger charge is -2.16. The second-order valence-corrected chi connectivity index (χ2v) is 4.41. The van der Waals surface area contributed by atoms with Crippen LogP contribution in [0.4, 0.5) is 4.39 Å². The van der Waals surface area contributed by atoms with Crippen LogP contribution >= 0.6 is 0 Å². The molecule has 0 heterocycles. The second-order valence-electron chi connectivity index (χ2n) is 4.41. The molecule has 0 aromatic heterocycles. The highest BCUT2D eigenvalue weighted by Crippen LogP contribution is 2.16. The van der Waals surface area contributed by atoms with Crippen LogP contribution in [0.25, 0.3) is 0 Å². The van der Waals surface area contributed by atoms with E-state index in [-0.39, 0.29) is 5.82 Å². The highest BCUT2D eigenvalue weighted by Gasteiger charge is 2.13. The van der Waals surface area contributed by atoms with Gasteiger partial charge in [-0.1, -0.05) is 17.7 Å². The zero-order chi connectivity index (χ0) is 10.8. The fourth-order valence-electron chi connectivity index (χ4n) is 1.34. The van der Waals surface area contributed by atoms with Crippen molar-refractivity contribution >= 4 is 0 Å². The standard InChI is InChI=1S/C12H17FO/c1-9-4-5-11(13)10(8-9)6-7-12(2,3)14/h4-5,8,14H,6-7H2,1-3H3. The Morgan fingerprint density at radius 3 is 2.57 bits per heavy atom. The van der Waals surface area contributed by atoms with E-state index in [0.29, 0.717) is 18.4 Å². The van der Waals surface area contributed by atoms with Crippen LogP contribution in [0.2, 0.25) is 0 Å². The Balaban J connectivity index is 2.72. The van der Waals surface area contributed by atoms with E-state index in [1.165, 1.54) is 6.07 Å². The third-order valence-electron chi connectivity index (χ3n) is 2.21.